The maximum atomic E-state index is 12.8. The van der Waals surface area contributed by atoms with Crippen LogP contribution in [-0.2, 0) is 26.8 Å². The van der Waals surface area contributed by atoms with Crippen molar-refractivity contribution in [3.63, 3.8) is 0 Å². The fourth-order valence-corrected chi connectivity index (χ4v) is 5.53. The number of Topliss-reactive ketones (excluding diaryl/α,β-unsaturated/α-hetero) is 1. The van der Waals surface area contributed by atoms with Gasteiger partial charge in [-0.05, 0) is 58.7 Å². The fraction of sp³-hybridized carbons (Fsp3) is 0.192. The predicted octanol–water partition coefficient (Wildman–Crippen LogP) is 4.52. The Kier molecular flexibility index (Phi) is 5.31. The van der Waals surface area contributed by atoms with Gasteiger partial charge >= 0.3 is 0 Å². The number of sulfone groups is 1. The van der Waals surface area contributed by atoms with E-state index in [1.54, 1.807) is 42.9 Å². The van der Waals surface area contributed by atoms with E-state index in [1.807, 2.05) is 42.6 Å². The van der Waals surface area contributed by atoms with Gasteiger partial charge in [0, 0.05) is 42.5 Å². The average molecular weight is 443 g/mol. The van der Waals surface area contributed by atoms with Gasteiger partial charge in [0.2, 0.25) is 0 Å². The number of carbonyl (C=O) groups excluding carboxylic acids is 1. The SMILES string of the molecule is O=C(Cc1ccc2cnccc2c1)[C@@H]1C[C@H]1c1ccc(S(=O)(=O)Cc2cccnc2)cc1. The molecule has 2 aromatic carbocycles. The maximum absolute atomic E-state index is 12.8. The third kappa shape index (κ3) is 4.32. The quantitative estimate of drug-likeness (QED) is 0.421. The molecule has 5 nitrogen and oxygen atoms in total. The topological polar surface area (TPSA) is 77.0 Å². The number of rotatable bonds is 7. The first-order chi connectivity index (χ1) is 15.5. The number of hydrogen-bond donors (Lipinski definition) is 0. The van der Waals surface area contributed by atoms with E-state index in [4.69, 9.17) is 0 Å². The van der Waals surface area contributed by atoms with Crippen LogP contribution >= 0.6 is 0 Å². The first-order valence-electron chi connectivity index (χ1n) is 10.6. The van der Waals surface area contributed by atoms with Crippen LogP contribution in [-0.4, -0.2) is 24.2 Å². The van der Waals surface area contributed by atoms with Crippen LogP contribution in [0.4, 0.5) is 0 Å². The molecule has 0 saturated heterocycles. The molecule has 160 valence electrons. The first-order valence-corrected chi connectivity index (χ1v) is 12.2. The highest BCUT2D eigenvalue weighted by atomic mass is 32.2. The van der Waals surface area contributed by atoms with Crippen molar-refractivity contribution >= 4 is 26.4 Å². The Balaban J connectivity index is 1.24. The second-order valence-electron chi connectivity index (χ2n) is 8.34. The Bertz CT molecular complexity index is 1380. The molecule has 1 aliphatic rings. The van der Waals surface area contributed by atoms with Crippen molar-refractivity contribution in [3.05, 3.63) is 102 Å². The summed E-state index contributed by atoms with van der Waals surface area (Å²) < 4.78 is 25.4. The second kappa shape index (κ2) is 8.28. The van der Waals surface area contributed by atoms with Gasteiger partial charge < -0.3 is 0 Å². The molecule has 0 spiro atoms. The van der Waals surface area contributed by atoms with Crippen LogP contribution in [0.15, 0.2) is 90.3 Å². The van der Waals surface area contributed by atoms with Gasteiger partial charge in [-0.3, -0.25) is 14.8 Å². The molecule has 1 aliphatic carbocycles. The lowest BCUT2D eigenvalue weighted by Gasteiger charge is -2.07. The van der Waals surface area contributed by atoms with Crippen molar-refractivity contribution in [2.75, 3.05) is 0 Å². The minimum atomic E-state index is -3.44. The van der Waals surface area contributed by atoms with Crippen LogP contribution in [0.2, 0.25) is 0 Å². The number of pyridine rings is 2. The smallest absolute Gasteiger partial charge is 0.182 e. The number of nitrogens with zero attached hydrogens (tertiary/aromatic N) is 2. The molecule has 0 N–H and O–H groups in total. The summed E-state index contributed by atoms with van der Waals surface area (Å²) in [7, 11) is -3.44. The molecule has 32 heavy (non-hydrogen) atoms. The van der Waals surface area contributed by atoms with Gasteiger partial charge in [0.05, 0.1) is 10.6 Å². The number of benzene rings is 2. The molecular formula is C26H22N2O3S. The minimum Gasteiger partial charge on any atom is -0.299 e. The molecule has 0 aliphatic heterocycles. The van der Waals surface area contributed by atoms with Crippen LogP contribution < -0.4 is 0 Å². The normalized spacial score (nSPS) is 17.9. The van der Waals surface area contributed by atoms with Gasteiger partial charge in [-0.2, -0.15) is 0 Å². The Labute approximate surface area is 187 Å². The Morgan fingerprint density at radius 2 is 1.69 bits per heavy atom. The van der Waals surface area contributed by atoms with E-state index in [0.717, 1.165) is 28.3 Å². The van der Waals surface area contributed by atoms with Crippen molar-refractivity contribution in [1.82, 2.24) is 9.97 Å². The second-order valence-corrected chi connectivity index (χ2v) is 10.3. The lowest BCUT2D eigenvalue weighted by atomic mass is 10.0. The van der Waals surface area contributed by atoms with Gasteiger partial charge in [-0.1, -0.05) is 36.4 Å². The number of ketones is 1. The zero-order valence-electron chi connectivity index (χ0n) is 17.4. The molecule has 0 unspecified atom stereocenters. The summed E-state index contributed by atoms with van der Waals surface area (Å²) in [6.07, 6.45) is 7.99. The molecule has 4 aromatic rings. The molecule has 2 aromatic heterocycles. The summed E-state index contributed by atoms with van der Waals surface area (Å²) in [5.41, 5.74) is 2.69. The zero-order valence-corrected chi connectivity index (χ0v) is 18.2. The number of hydrogen-bond acceptors (Lipinski definition) is 5. The average Bonchev–Trinajstić information content (AvgIpc) is 3.61. The van der Waals surface area contributed by atoms with E-state index in [-0.39, 0.29) is 23.4 Å². The fourth-order valence-electron chi connectivity index (χ4n) is 4.20. The molecular weight excluding hydrogens is 420 g/mol. The minimum absolute atomic E-state index is 0.000914. The van der Waals surface area contributed by atoms with E-state index in [1.165, 1.54) is 0 Å². The summed E-state index contributed by atoms with van der Waals surface area (Å²) in [6.45, 7) is 0. The molecule has 0 amide bonds. The van der Waals surface area contributed by atoms with Crippen LogP contribution in [0, 0.1) is 5.92 Å². The van der Waals surface area contributed by atoms with Gasteiger partial charge in [-0.25, -0.2) is 8.42 Å². The molecule has 0 bridgehead atoms. The summed E-state index contributed by atoms with van der Waals surface area (Å²) >= 11 is 0. The summed E-state index contributed by atoms with van der Waals surface area (Å²) in [4.78, 5) is 21.2. The first kappa shape index (κ1) is 20.5. The Morgan fingerprint density at radius 3 is 2.47 bits per heavy atom. The van der Waals surface area contributed by atoms with E-state index < -0.39 is 9.84 Å². The summed E-state index contributed by atoms with van der Waals surface area (Å²) in [5, 5.41) is 2.15. The number of fused-ring (bicyclic) bond motifs is 1. The third-order valence-corrected chi connectivity index (χ3v) is 7.74. The van der Waals surface area contributed by atoms with Gasteiger partial charge in [0.25, 0.3) is 0 Å². The van der Waals surface area contributed by atoms with Gasteiger partial charge in [0.15, 0.2) is 9.84 Å². The molecule has 1 fully saturated rings. The molecule has 0 radical (unpaired) electrons. The lowest BCUT2D eigenvalue weighted by molar-refractivity contribution is -0.119. The number of aromatic nitrogens is 2. The molecule has 2 heterocycles. The van der Waals surface area contributed by atoms with Crippen molar-refractivity contribution in [3.8, 4) is 0 Å². The van der Waals surface area contributed by atoms with Crippen molar-refractivity contribution in [2.24, 2.45) is 5.92 Å². The largest absolute Gasteiger partial charge is 0.299 e. The highest BCUT2D eigenvalue weighted by Crippen LogP contribution is 2.48. The van der Waals surface area contributed by atoms with E-state index >= 15 is 0 Å². The molecule has 2 atom stereocenters. The van der Waals surface area contributed by atoms with E-state index in [2.05, 4.69) is 9.97 Å². The van der Waals surface area contributed by atoms with Crippen LogP contribution in [0.25, 0.3) is 10.8 Å². The van der Waals surface area contributed by atoms with Gasteiger partial charge in [0.1, 0.15) is 5.78 Å². The molecule has 6 heteroatoms. The maximum Gasteiger partial charge on any atom is 0.182 e. The highest BCUT2D eigenvalue weighted by Gasteiger charge is 2.43. The van der Waals surface area contributed by atoms with Gasteiger partial charge in [-0.15, -0.1) is 0 Å². The highest BCUT2D eigenvalue weighted by molar-refractivity contribution is 7.90. The van der Waals surface area contributed by atoms with Crippen molar-refractivity contribution in [1.29, 1.82) is 0 Å². The van der Waals surface area contributed by atoms with Crippen LogP contribution in [0.1, 0.15) is 29.0 Å². The van der Waals surface area contributed by atoms with E-state index in [0.29, 0.717) is 16.9 Å². The van der Waals surface area contributed by atoms with Crippen LogP contribution in [0.3, 0.4) is 0 Å². The van der Waals surface area contributed by atoms with Crippen molar-refractivity contribution < 1.29 is 13.2 Å². The monoisotopic (exact) mass is 442 g/mol. The number of carbonyl (C=O) groups is 1. The third-order valence-electron chi connectivity index (χ3n) is 6.03. The molecule has 1 saturated carbocycles. The van der Waals surface area contributed by atoms with E-state index in [9.17, 15) is 13.2 Å². The van der Waals surface area contributed by atoms with Crippen LogP contribution in [0.5, 0.6) is 0 Å². The Morgan fingerprint density at radius 1 is 0.875 bits per heavy atom. The Hall–Kier alpha value is -3.38. The zero-order chi connectivity index (χ0) is 22.1. The van der Waals surface area contributed by atoms with Crippen molar-refractivity contribution in [2.45, 2.75) is 29.4 Å². The summed E-state index contributed by atoms with van der Waals surface area (Å²) in [5.74, 6) is 0.326. The predicted molar refractivity (Wildman–Crippen MR) is 123 cm³/mol. The lowest BCUT2D eigenvalue weighted by Crippen LogP contribution is -2.07. The summed E-state index contributed by atoms with van der Waals surface area (Å²) in [6, 6.07) is 18.5. The molecule has 5 rings (SSSR count). The standard InChI is InChI=1S/C26H22N2O3S/c29-26(13-18-3-4-22-16-28-11-9-21(22)12-18)25-14-24(25)20-5-7-23(8-6-20)32(30,31)17-19-2-1-10-27-15-19/h1-12,15-16,24-25H,13-14,17H2/t24-,25+/m0/s1.